The van der Waals surface area contributed by atoms with E-state index in [2.05, 4.69) is 36.5 Å². The number of hydrogen-bond acceptors (Lipinski definition) is 1. The van der Waals surface area contributed by atoms with Crippen molar-refractivity contribution in [2.45, 2.75) is 70.3 Å². The Hall–Kier alpha value is -1.31. The lowest BCUT2D eigenvalue weighted by molar-refractivity contribution is -0.123. The smallest absolute Gasteiger partial charge is 0.220 e. The zero-order chi connectivity index (χ0) is 14.3. The summed E-state index contributed by atoms with van der Waals surface area (Å²) in [7, 11) is 0. The number of unbranched alkanes of at least 4 members (excludes halogenated alkanes) is 2. The molecule has 1 aliphatic carbocycles. The lowest BCUT2D eigenvalue weighted by atomic mass is 9.88. The van der Waals surface area contributed by atoms with Crippen molar-refractivity contribution in [1.29, 1.82) is 0 Å². The first-order chi connectivity index (χ1) is 9.74. The summed E-state index contributed by atoms with van der Waals surface area (Å²) in [6.45, 7) is 2.17. The fraction of sp³-hybridized carbons (Fsp3) is 0.611. The van der Waals surface area contributed by atoms with Gasteiger partial charge in [-0.15, -0.1) is 0 Å². The van der Waals surface area contributed by atoms with Crippen LogP contribution < -0.4 is 5.32 Å². The predicted molar refractivity (Wildman–Crippen MR) is 83.6 cm³/mol. The SMILES string of the molecule is CCCCCC(=O)NC1(Cc2ccccc2)CCCC1. The lowest BCUT2D eigenvalue weighted by Crippen LogP contribution is -2.48. The molecular formula is C18H27NO. The van der Waals surface area contributed by atoms with E-state index >= 15 is 0 Å². The molecule has 0 aromatic heterocycles. The van der Waals surface area contributed by atoms with Gasteiger partial charge in [0.1, 0.15) is 0 Å². The predicted octanol–water partition coefficient (Wildman–Crippen LogP) is 4.24. The minimum atomic E-state index is 0.0185. The highest BCUT2D eigenvalue weighted by molar-refractivity contribution is 5.76. The largest absolute Gasteiger partial charge is 0.350 e. The van der Waals surface area contributed by atoms with Gasteiger partial charge in [0.15, 0.2) is 0 Å². The zero-order valence-corrected chi connectivity index (χ0v) is 12.7. The number of carbonyl (C=O) groups excluding carboxylic acids is 1. The molecule has 1 aromatic carbocycles. The van der Waals surface area contributed by atoms with E-state index in [4.69, 9.17) is 0 Å². The summed E-state index contributed by atoms with van der Waals surface area (Å²) in [4.78, 5) is 12.2. The van der Waals surface area contributed by atoms with Gasteiger partial charge in [0, 0.05) is 12.0 Å². The summed E-state index contributed by atoms with van der Waals surface area (Å²) in [6, 6.07) is 10.6. The van der Waals surface area contributed by atoms with E-state index in [1.165, 1.54) is 24.8 Å². The first-order valence-corrected chi connectivity index (χ1v) is 8.09. The van der Waals surface area contributed by atoms with Crippen molar-refractivity contribution in [3.05, 3.63) is 35.9 Å². The van der Waals surface area contributed by atoms with Crippen LogP contribution in [0.1, 0.15) is 63.9 Å². The maximum atomic E-state index is 12.2. The second-order valence-corrected chi connectivity index (χ2v) is 6.16. The van der Waals surface area contributed by atoms with Crippen LogP contribution in [-0.2, 0) is 11.2 Å². The van der Waals surface area contributed by atoms with Crippen LogP contribution in [0, 0.1) is 0 Å². The number of hydrogen-bond donors (Lipinski definition) is 1. The van der Waals surface area contributed by atoms with E-state index in [-0.39, 0.29) is 11.4 Å². The molecule has 0 atom stereocenters. The molecule has 0 heterocycles. The van der Waals surface area contributed by atoms with E-state index in [1.807, 2.05) is 6.07 Å². The molecule has 110 valence electrons. The minimum Gasteiger partial charge on any atom is -0.350 e. The number of amides is 1. The van der Waals surface area contributed by atoms with Crippen LogP contribution in [0.15, 0.2) is 30.3 Å². The molecule has 0 saturated heterocycles. The Morgan fingerprint density at radius 3 is 2.50 bits per heavy atom. The number of rotatable bonds is 7. The van der Waals surface area contributed by atoms with Crippen LogP contribution in [0.2, 0.25) is 0 Å². The fourth-order valence-electron chi connectivity index (χ4n) is 3.28. The van der Waals surface area contributed by atoms with Gasteiger partial charge in [0.2, 0.25) is 5.91 Å². The summed E-state index contributed by atoms with van der Waals surface area (Å²) in [5.74, 6) is 0.247. The Balaban J connectivity index is 1.93. The third-order valence-corrected chi connectivity index (χ3v) is 4.36. The Morgan fingerprint density at radius 1 is 1.15 bits per heavy atom. The van der Waals surface area contributed by atoms with Gasteiger partial charge in [-0.3, -0.25) is 4.79 Å². The van der Waals surface area contributed by atoms with E-state index < -0.39 is 0 Å². The minimum absolute atomic E-state index is 0.0185. The molecule has 2 heteroatoms. The molecule has 2 nitrogen and oxygen atoms in total. The average Bonchev–Trinajstić information content (AvgIpc) is 2.88. The third-order valence-electron chi connectivity index (χ3n) is 4.36. The molecule has 1 saturated carbocycles. The molecule has 0 unspecified atom stereocenters. The van der Waals surface area contributed by atoms with Gasteiger partial charge in [0.05, 0.1) is 0 Å². The van der Waals surface area contributed by atoms with E-state index in [0.717, 1.165) is 32.1 Å². The molecule has 1 aliphatic rings. The quantitative estimate of drug-likeness (QED) is 0.740. The van der Waals surface area contributed by atoms with Crippen molar-refractivity contribution in [2.24, 2.45) is 0 Å². The van der Waals surface area contributed by atoms with Gasteiger partial charge in [-0.05, 0) is 31.2 Å². The Bertz CT molecular complexity index is 407. The Kier molecular flexibility index (Phi) is 5.63. The van der Waals surface area contributed by atoms with E-state index in [9.17, 15) is 4.79 Å². The van der Waals surface area contributed by atoms with Crippen molar-refractivity contribution in [1.82, 2.24) is 5.32 Å². The van der Waals surface area contributed by atoms with Gasteiger partial charge >= 0.3 is 0 Å². The highest BCUT2D eigenvalue weighted by Crippen LogP contribution is 2.33. The molecular weight excluding hydrogens is 246 g/mol. The van der Waals surface area contributed by atoms with Gasteiger partial charge in [-0.2, -0.15) is 0 Å². The fourth-order valence-corrected chi connectivity index (χ4v) is 3.28. The maximum absolute atomic E-state index is 12.2. The molecule has 1 fully saturated rings. The monoisotopic (exact) mass is 273 g/mol. The Morgan fingerprint density at radius 2 is 1.85 bits per heavy atom. The molecule has 2 rings (SSSR count). The third kappa shape index (κ3) is 4.36. The normalized spacial score (nSPS) is 17.1. The molecule has 0 aliphatic heterocycles. The Labute approximate surface area is 123 Å². The van der Waals surface area contributed by atoms with Crippen molar-refractivity contribution in [3.8, 4) is 0 Å². The molecule has 1 amide bonds. The van der Waals surface area contributed by atoms with Gasteiger partial charge in [0.25, 0.3) is 0 Å². The number of carbonyl (C=O) groups is 1. The second-order valence-electron chi connectivity index (χ2n) is 6.16. The van der Waals surface area contributed by atoms with E-state index in [1.54, 1.807) is 0 Å². The van der Waals surface area contributed by atoms with Crippen LogP contribution >= 0.6 is 0 Å². The van der Waals surface area contributed by atoms with Crippen molar-refractivity contribution in [2.75, 3.05) is 0 Å². The number of benzene rings is 1. The van der Waals surface area contributed by atoms with Crippen molar-refractivity contribution >= 4 is 5.91 Å². The number of nitrogens with one attached hydrogen (secondary N) is 1. The van der Waals surface area contributed by atoms with Crippen LogP contribution in [-0.4, -0.2) is 11.4 Å². The molecule has 0 radical (unpaired) electrons. The van der Waals surface area contributed by atoms with E-state index in [0.29, 0.717) is 6.42 Å². The summed E-state index contributed by atoms with van der Waals surface area (Å²) >= 11 is 0. The first kappa shape index (κ1) is 15.1. The highest BCUT2D eigenvalue weighted by atomic mass is 16.1. The van der Waals surface area contributed by atoms with Gasteiger partial charge in [-0.25, -0.2) is 0 Å². The van der Waals surface area contributed by atoms with Crippen LogP contribution in [0.4, 0.5) is 0 Å². The average molecular weight is 273 g/mol. The maximum Gasteiger partial charge on any atom is 0.220 e. The molecule has 1 aromatic rings. The molecule has 1 N–H and O–H groups in total. The lowest BCUT2D eigenvalue weighted by Gasteiger charge is -2.31. The summed E-state index contributed by atoms with van der Waals surface area (Å²) in [5.41, 5.74) is 1.35. The van der Waals surface area contributed by atoms with Crippen molar-refractivity contribution in [3.63, 3.8) is 0 Å². The highest BCUT2D eigenvalue weighted by Gasteiger charge is 2.35. The topological polar surface area (TPSA) is 29.1 Å². The van der Waals surface area contributed by atoms with Gasteiger partial charge < -0.3 is 5.32 Å². The summed E-state index contributed by atoms with van der Waals surface area (Å²) < 4.78 is 0. The summed E-state index contributed by atoms with van der Waals surface area (Å²) in [6.07, 6.45) is 9.73. The molecule has 0 spiro atoms. The standard InChI is InChI=1S/C18H27NO/c1-2-3-5-12-17(20)19-18(13-8-9-14-18)15-16-10-6-4-7-11-16/h4,6-7,10-11H,2-3,5,8-9,12-15H2,1H3,(H,19,20). The van der Waals surface area contributed by atoms with Crippen LogP contribution in [0.5, 0.6) is 0 Å². The van der Waals surface area contributed by atoms with Gasteiger partial charge in [-0.1, -0.05) is 62.9 Å². The van der Waals surface area contributed by atoms with Crippen LogP contribution in [0.3, 0.4) is 0 Å². The van der Waals surface area contributed by atoms with Crippen molar-refractivity contribution < 1.29 is 4.79 Å². The molecule has 0 bridgehead atoms. The second kappa shape index (κ2) is 7.47. The zero-order valence-electron chi connectivity index (χ0n) is 12.7. The summed E-state index contributed by atoms with van der Waals surface area (Å²) in [5, 5.41) is 3.36. The van der Waals surface area contributed by atoms with Crippen LogP contribution in [0.25, 0.3) is 0 Å². The first-order valence-electron chi connectivity index (χ1n) is 8.09. The molecule has 20 heavy (non-hydrogen) atoms.